The highest BCUT2D eigenvalue weighted by Gasteiger charge is 2.44. The van der Waals surface area contributed by atoms with Crippen LogP contribution in [0.25, 0.3) is 6.08 Å². The number of piperazine rings is 1. The van der Waals surface area contributed by atoms with E-state index in [0.717, 1.165) is 10.6 Å². The van der Waals surface area contributed by atoms with Crippen LogP contribution in [-0.4, -0.2) is 48.8 Å². The van der Waals surface area contributed by atoms with Crippen molar-refractivity contribution >= 4 is 17.9 Å². The topological polar surface area (TPSA) is 68.3 Å². The number of halogens is 1. The Morgan fingerprint density at radius 3 is 2.27 bits per heavy atom. The molecule has 2 aromatic carbocycles. The van der Waals surface area contributed by atoms with E-state index >= 15 is 0 Å². The summed E-state index contributed by atoms with van der Waals surface area (Å²) in [5, 5.41) is 0.774. The fourth-order valence-electron chi connectivity index (χ4n) is 3.65. The van der Waals surface area contributed by atoms with Crippen molar-refractivity contribution in [1.29, 1.82) is 0 Å². The normalized spacial score (nSPS) is 17.9. The van der Waals surface area contributed by atoms with Gasteiger partial charge in [-0.1, -0.05) is 38.1 Å². The number of imide groups is 1. The highest BCUT2D eigenvalue weighted by molar-refractivity contribution is 6.09. The highest BCUT2D eigenvalue weighted by atomic mass is 19.1. The number of hydrogen-bond acceptors (Lipinski definition) is 6. The molecule has 0 bridgehead atoms. The van der Waals surface area contributed by atoms with Gasteiger partial charge in [-0.2, -0.15) is 0 Å². The van der Waals surface area contributed by atoms with Gasteiger partial charge >= 0.3 is 5.91 Å². The SMILES string of the molecule is COCON1C(=O)/C(=C\c2ccc(F)cc2)N(Cc2ccc(OC)cc2)C(CC(C)C)C1=O. The number of amides is 2. The lowest BCUT2D eigenvalue weighted by atomic mass is 9.97. The van der Waals surface area contributed by atoms with E-state index < -0.39 is 17.9 Å². The van der Waals surface area contributed by atoms with Crippen molar-refractivity contribution in [3.8, 4) is 5.75 Å². The number of benzene rings is 2. The van der Waals surface area contributed by atoms with Gasteiger partial charge in [-0.25, -0.2) is 9.23 Å². The molecule has 0 N–H and O–H groups in total. The number of ether oxygens (including phenoxy) is 2. The van der Waals surface area contributed by atoms with Gasteiger partial charge in [0.2, 0.25) is 0 Å². The summed E-state index contributed by atoms with van der Waals surface area (Å²) < 4.78 is 23.6. The van der Waals surface area contributed by atoms with E-state index in [1.165, 1.54) is 19.2 Å². The van der Waals surface area contributed by atoms with Gasteiger partial charge in [0.25, 0.3) is 5.91 Å². The third-order valence-corrected chi connectivity index (χ3v) is 5.25. The lowest BCUT2D eigenvalue weighted by molar-refractivity contribution is -0.226. The zero-order chi connectivity index (χ0) is 24.0. The monoisotopic (exact) mass is 456 g/mol. The zero-order valence-corrected chi connectivity index (χ0v) is 19.3. The van der Waals surface area contributed by atoms with Gasteiger partial charge in [0.05, 0.1) is 7.11 Å². The van der Waals surface area contributed by atoms with Gasteiger partial charge in [-0.05, 0) is 53.8 Å². The third kappa shape index (κ3) is 5.97. The van der Waals surface area contributed by atoms with Crippen LogP contribution in [0.15, 0.2) is 54.2 Å². The van der Waals surface area contributed by atoms with Crippen molar-refractivity contribution in [1.82, 2.24) is 9.96 Å². The molecule has 7 nitrogen and oxygen atoms in total. The molecule has 176 valence electrons. The molecule has 1 fully saturated rings. The van der Waals surface area contributed by atoms with Crippen molar-refractivity contribution < 1.29 is 28.3 Å². The Bertz CT molecular complexity index is 989. The molecule has 1 unspecified atom stereocenters. The number of rotatable bonds is 9. The Kier molecular flexibility index (Phi) is 8.19. The second kappa shape index (κ2) is 11.1. The number of nitrogens with zero attached hydrogens (tertiary/aromatic N) is 2. The molecule has 2 amide bonds. The summed E-state index contributed by atoms with van der Waals surface area (Å²) in [6.45, 7) is 4.11. The highest BCUT2D eigenvalue weighted by Crippen LogP contribution is 2.30. The first kappa shape index (κ1) is 24.4. The van der Waals surface area contributed by atoms with Crippen LogP contribution < -0.4 is 4.74 Å². The van der Waals surface area contributed by atoms with E-state index in [1.807, 2.05) is 38.1 Å². The fraction of sp³-hybridized carbons (Fsp3) is 0.360. The van der Waals surface area contributed by atoms with Crippen LogP contribution >= 0.6 is 0 Å². The number of hydroxylamine groups is 2. The molecule has 0 saturated carbocycles. The summed E-state index contributed by atoms with van der Waals surface area (Å²) in [7, 11) is 3.00. The van der Waals surface area contributed by atoms with Gasteiger partial charge in [0.1, 0.15) is 23.3 Å². The summed E-state index contributed by atoms with van der Waals surface area (Å²) in [6.07, 6.45) is 2.16. The Balaban J connectivity index is 2.06. The predicted octanol–water partition coefficient (Wildman–Crippen LogP) is 4.00. The lowest BCUT2D eigenvalue weighted by Crippen LogP contribution is -2.58. The summed E-state index contributed by atoms with van der Waals surface area (Å²) in [5.74, 6) is -0.531. The minimum Gasteiger partial charge on any atom is -0.497 e. The first-order valence-corrected chi connectivity index (χ1v) is 10.7. The van der Waals surface area contributed by atoms with Crippen LogP contribution in [0, 0.1) is 11.7 Å². The smallest absolute Gasteiger partial charge is 0.301 e. The molecule has 0 aliphatic carbocycles. The molecule has 1 saturated heterocycles. The molecule has 0 radical (unpaired) electrons. The predicted molar refractivity (Wildman–Crippen MR) is 121 cm³/mol. The van der Waals surface area contributed by atoms with Crippen LogP contribution in [0.4, 0.5) is 4.39 Å². The van der Waals surface area contributed by atoms with Crippen LogP contribution in [0.5, 0.6) is 5.75 Å². The quantitative estimate of drug-likeness (QED) is 0.323. The van der Waals surface area contributed by atoms with Crippen LogP contribution in [0.3, 0.4) is 0 Å². The Morgan fingerprint density at radius 1 is 1.03 bits per heavy atom. The van der Waals surface area contributed by atoms with Crippen molar-refractivity contribution in [2.24, 2.45) is 5.92 Å². The van der Waals surface area contributed by atoms with E-state index in [4.69, 9.17) is 14.3 Å². The minimum atomic E-state index is -0.631. The largest absolute Gasteiger partial charge is 0.497 e. The van der Waals surface area contributed by atoms with Gasteiger partial charge in [-0.15, -0.1) is 5.06 Å². The number of carbonyl (C=O) groups excluding carboxylic acids is 2. The molecule has 33 heavy (non-hydrogen) atoms. The van der Waals surface area contributed by atoms with Gasteiger partial charge in [-0.3, -0.25) is 9.59 Å². The molecular weight excluding hydrogens is 427 g/mol. The summed E-state index contributed by atoms with van der Waals surface area (Å²) in [6, 6.07) is 12.6. The first-order valence-electron chi connectivity index (χ1n) is 10.7. The first-order chi connectivity index (χ1) is 15.8. The number of hydrogen-bond donors (Lipinski definition) is 0. The standard InChI is InChI=1S/C25H29FN2O5/c1-17(2)13-22-24(29)28(33-16-31-3)25(30)23(14-18-5-9-20(26)10-6-18)27(22)15-19-7-11-21(32-4)12-8-19/h5-12,14,17,22H,13,15-16H2,1-4H3/b23-14+. The molecule has 1 heterocycles. The maximum atomic E-state index is 13.4. The molecule has 2 aromatic rings. The molecule has 0 aromatic heterocycles. The number of methoxy groups -OCH3 is 2. The second-order valence-corrected chi connectivity index (χ2v) is 8.18. The van der Waals surface area contributed by atoms with E-state index in [1.54, 1.807) is 30.2 Å². The zero-order valence-electron chi connectivity index (χ0n) is 19.3. The molecule has 8 heteroatoms. The third-order valence-electron chi connectivity index (χ3n) is 5.25. The van der Waals surface area contributed by atoms with Gasteiger partial charge in [0.15, 0.2) is 6.79 Å². The van der Waals surface area contributed by atoms with Gasteiger partial charge < -0.3 is 14.4 Å². The van der Waals surface area contributed by atoms with Crippen molar-refractivity contribution in [2.45, 2.75) is 32.9 Å². The van der Waals surface area contributed by atoms with E-state index in [0.29, 0.717) is 24.3 Å². The maximum absolute atomic E-state index is 13.4. The average molecular weight is 457 g/mol. The summed E-state index contributed by atoms with van der Waals surface area (Å²) in [4.78, 5) is 33.8. The van der Waals surface area contributed by atoms with Crippen molar-refractivity contribution in [3.05, 3.63) is 71.2 Å². The van der Waals surface area contributed by atoms with Crippen molar-refractivity contribution in [2.75, 3.05) is 21.0 Å². The van der Waals surface area contributed by atoms with E-state index in [-0.39, 0.29) is 24.2 Å². The van der Waals surface area contributed by atoms with Crippen LogP contribution in [0.2, 0.25) is 0 Å². The maximum Gasteiger partial charge on any atom is 0.301 e. The lowest BCUT2D eigenvalue weighted by Gasteiger charge is -2.41. The molecular formula is C25H29FN2O5. The van der Waals surface area contributed by atoms with Crippen LogP contribution in [0.1, 0.15) is 31.4 Å². The van der Waals surface area contributed by atoms with E-state index in [2.05, 4.69) is 0 Å². The van der Waals surface area contributed by atoms with Gasteiger partial charge in [0, 0.05) is 13.7 Å². The van der Waals surface area contributed by atoms with E-state index in [9.17, 15) is 14.0 Å². The molecule has 0 spiro atoms. The van der Waals surface area contributed by atoms with Crippen molar-refractivity contribution in [3.63, 3.8) is 0 Å². The molecule has 3 rings (SSSR count). The Labute approximate surface area is 193 Å². The molecule has 1 atom stereocenters. The second-order valence-electron chi connectivity index (χ2n) is 8.18. The fourth-order valence-corrected chi connectivity index (χ4v) is 3.65. The average Bonchev–Trinajstić information content (AvgIpc) is 2.80. The summed E-state index contributed by atoms with van der Waals surface area (Å²) in [5.41, 5.74) is 1.81. The minimum absolute atomic E-state index is 0.182. The number of carbonyl (C=O) groups is 2. The Morgan fingerprint density at radius 2 is 1.70 bits per heavy atom. The van der Waals surface area contributed by atoms with Crippen LogP contribution in [-0.2, 0) is 25.7 Å². The molecule has 1 aliphatic heterocycles. The summed E-state index contributed by atoms with van der Waals surface area (Å²) >= 11 is 0. The Hall–Kier alpha value is -3.23. The molecule has 1 aliphatic rings.